The highest BCUT2D eigenvalue weighted by Crippen LogP contribution is 2.33. The number of fused-ring (bicyclic) bond motifs is 1. The van der Waals surface area contributed by atoms with Crippen LogP contribution >= 0.6 is 0 Å². The summed E-state index contributed by atoms with van der Waals surface area (Å²) in [5.74, 6) is 0.970. The summed E-state index contributed by atoms with van der Waals surface area (Å²) in [6.07, 6.45) is 8.92. The van der Waals surface area contributed by atoms with Crippen LogP contribution in [0.4, 0.5) is 0 Å². The number of rotatable bonds is 2. The van der Waals surface area contributed by atoms with E-state index < -0.39 is 0 Å². The van der Waals surface area contributed by atoms with Crippen molar-refractivity contribution in [2.45, 2.75) is 24.9 Å². The van der Waals surface area contributed by atoms with Gasteiger partial charge in [0.05, 0.1) is 11.6 Å². The maximum Gasteiger partial charge on any atom is 0.234 e. The molecule has 22 heavy (non-hydrogen) atoms. The van der Waals surface area contributed by atoms with E-state index in [2.05, 4.69) is 38.8 Å². The average Bonchev–Trinajstić information content (AvgIpc) is 2.96. The lowest BCUT2D eigenvalue weighted by Gasteiger charge is -2.21. The summed E-state index contributed by atoms with van der Waals surface area (Å²) >= 11 is 0. The molecule has 2 heterocycles. The Hall–Kier alpha value is -2.46. The first kappa shape index (κ1) is 13.2. The Morgan fingerprint density at radius 1 is 1.00 bits per heavy atom. The summed E-state index contributed by atoms with van der Waals surface area (Å²) < 4.78 is 2.13. The molecule has 1 N–H and O–H groups in total. The van der Waals surface area contributed by atoms with E-state index in [4.69, 9.17) is 0 Å². The van der Waals surface area contributed by atoms with Crippen LogP contribution in [0.3, 0.4) is 0 Å². The number of hydrogen-bond donors (Lipinski definition) is 1. The first-order chi connectivity index (χ1) is 10.8. The van der Waals surface area contributed by atoms with Crippen molar-refractivity contribution in [3.8, 4) is 5.95 Å². The number of allylic oxidation sites excluding steroid dienone is 1. The fourth-order valence-corrected chi connectivity index (χ4v) is 3.13. The minimum absolute atomic E-state index is 0.277. The van der Waals surface area contributed by atoms with Gasteiger partial charge in [-0.2, -0.15) is 0 Å². The summed E-state index contributed by atoms with van der Waals surface area (Å²) in [5, 5.41) is 10.9. The van der Waals surface area contributed by atoms with Crippen LogP contribution in [-0.2, 0) is 0 Å². The van der Waals surface area contributed by atoms with Crippen LogP contribution in [0.2, 0.25) is 0 Å². The largest absolute Gasteiger partial charge is 0.389 e. The summed E-state index contributed by atoms with van der Waals surface area (Å²) in [7, 11) is 0. The molecule has 0 spiro atoms. The zero-order valence-corrected chi connectivity index (χ0v) is 12.1. The quantitative estimate of drug-likeness (QED) is 0.738. The van der Waals surface area contributed by atoms with Crippen LogP contribution in [0.1, 0.15) is 24.5 Å². The molecule has 3 aromatic rings. The number of benzene rings is 1. The molecule has 0 aliphatic heterocycles. The van der Waals surface area contributed by atoms with Crippen LogP contribution in [0.15, 0.2) is 60.9 Å². The van der Waals surface area contributed by atoms with Gasteiger partial charge >= 0.3 is 0 Å². The van der Waals surface area contributed by atoms with E-state index in [-0.39, 0.29) is 12.0 Å². The second-order valence-corrected chi connectivity index (χ2v) is 5.65. The fraction of sp³-hybridized carbons (Fsp3) is 0.222. The van der Waals surface area contributed by atoms with Gasteiger partial charge in [0.2, 0.25) is 5.95 Å². The van der Waals surface area contributed by atoms with Gasteiger partial charge in [0.1, 0.15) is 0 Å². The lowest BCUT2D eigenvalue weighted by atomic mass is 9.91. The van der Waals surface area contributed by atoms with Gasteiger partial charge < -0.3 is 5.11 Å². The predicted octanol–water partition coefficient (Wildman–Crippen LogP) is 3.22. The van der Waals surface area contributed by atoms with Gasteiger partial charge in [-0.15, -0.1) is 0 Å². The molecule has 0 fully saturated rings. The van der Waals surface area contributed by atoms with E-state index in [9.17, 15) is 5.11 Å². The average molecular weight is 291 g/mol. The van der Waals surface area contributed by atoms with Crippen LogP contribution in [0.25, 0.3) is 16.9 Å². The third-order valence-electron chi connectivity index (χ3n) is 4.21. The number of aliphatic hydroxyl groups is 1. The molecule has 110 valence electrons. The molecule has 2 atom stereocenters. The molecule has 2 aromatic heterocycles. The van der Waals surface area contributed by atoms with Crippen LogP contribution in [-0.4, -0.2) is 25.7 Å². The minimum atomic E-state index is -0.318. The molecule has 0 radical (unpaired) electrons. The summed E-state index contributed by atoms with van der Waals surface area (Å²) in [4.78, 5) is 8.84. The maximum absolute atomic E-state index is 9.68. The van der Waals surface area contributed by atoms with Crippen molar-refractivity contribution in [3.63, 3.8) is 0 Å². The van der Waals surface area contributed by atoms with Crippen LogP contribution < -0.4 is 0 Å². The van der Waals surface area contributed by atoms with Gasteiger partial charge in [-0.05, 0) is 31.0 Å². The van der Waals surface area contributed by atoms with Gasteiger partial charge in [0.15, 0.2) is 0 Å². The lowest BCUT2D eigenvalue weighted by Crippen LogP contribution is -2.14. The molecular weight excluding hydrogens is 274 g/mol. The number of aliphatic hydroxyl groups excluding tert-OH is 1. The lowest BCUT2D eigenvalue weighted by molar-refractivity contribution is 0.200. The van der Waals surface area contributed by atoms with E-state index >= 15 is 0 Å². The van der Waals surface area contributed by atoms with Crippen LogP contribution in [0, 0.1) is 0 Å². The Bertz CT molecular complexity index is 823. The zero-order chi connectivity index (χ0) is 14.9. The van der Waals surface area contributed by atoms with E-state index in [1.54, 1.807) is 12.4 Å². The third kappa shape index (κ3) is 2.22. The highest BCUT2D eigenvalue weighted by atomic mass is 16.3. The standard InChI is InChI=1S/C18H17N3O/c22-15-8-6-13(7-9-15)17-12-14-4-1-2-5-16(14)21(17)18-19-10-3-11-20-18/h1-6,8,10-13,15,22H,7,9H2/t13-,15+/m1/s1. The van der Waals surface area contributed by atoms with Crippen molar-refractivity contribution in [3.05, 3.63) is 66.6 Å². The Labute approximate surface area is 128 Å². The van der Waals surface area contributed by atoms with Crippen molar-refractivity contribution < 1.29 is 5.11 Å². The second kappa shape index (κ2) is 5.39. The third-order valence-corrected chi connectivity index (χ3v) is 4.21. The van der Waals surface area contributed by atoms with E-state index in [0.29, 0.717) is 5.95 Å². The highest BCUT2D eigenvalue weighted by molar-refractivity contribution is 5.83. The van der Waals surface area contributed by atoms with Gasteiger partial charge in [-0.1, -0.05) is 30.4 Å². The Balaban J connectivity index is 1.92. The molecule has 0 bridgehead atoms. The van der Waals surface area contributed by atoms with Gasteiger partial charge in [-0.3, -0.25) is 4.57 Å². The molecule has 4 nitrogen and oxygen atoms in total. The van der Waals surface area contributed by atoms with Crippen molar-refractivity contribution in [2.24, 2.45) is 0 Å². The Kier molecular flexibility index (Phi) is 3.24. The molecule has 4 rings (SSSR count). The molecule has 1 aliphatic carbocycles. The molecular formula is C18H17N3O. The van der Waals surface area contributed by atoms with Crippen molar-refractivity contribution in [1.82, 2.24) is 14.5 Å². The molecule has 0 amide bonds. The first-order valence-corrected chi connectivity index (χ1v) is 7.57. The number of hydrogen-bond acceptors (Lipinski definition) is 3. The normalized spacial score (nSPS) is 21.3. The second-order valence-electron chi connectivity index (χ2n) is 5.65. The molecule has 0 saturated heterocycles. The summed E-state index contributed by atoms with van der Waals surface area (Å²) in [6.45, 7) is 0. The smallest absolute Gasteiger partial charge is 0.234 e. The minimum Gasteiger partial charge on any atom is -0.389 e. The molecule has 0 saturated carbocycles. The molecule has 1 aliphatic rings. The van der Waals surface area contributed by atoms with Gasteiger partial charge in [0.25, 0.3) is 0 Å². The topological polar surface area (TPSA) is 50.9 Å². The van der Waals surface area contributed by atoms with E-state index in [1.807, 2.05) is 24.3 Å². The molecule has 0 unspecified atom stereocenters. The van der Waals surface area contributed by atoms with Gasteiger partial charge in [0, 0.05) is 29.4 Å². The summed E-state index contributed by atoms with van der Waals surface area (Å²) in [5.41, 5.74) is 2.29. The monoisotopic (exact) mass is 291 g/mol. The fourth-order valence-electron chi connectivity index (χ4n) is 3.13. The zero-order valence-electron chi connectivity index (χ0n) is 12.1. The van der Waals surface area contributed by atoms with E-state index in [1.165, 1.54) is 11.1 Å². The summed E-state index contributed by atoms with van der Waals surface area (Å²) in [6, 6.07) is 12.3. The number of aromatic nitrogens is 3. The SMILES string of the molecule is O[C@H]1C=C[C@@H](c2cc3ccccc3n2-c2ncccn2)CC1. The van der Waals surface area contributed by atoms with E-state index in [0.717, 1.165) is 18.4 Å². The van der Waals surface area contributed by atoms with Crippen molar-refractivity contribution in [1.29, 1.82) is 0 Å². The number of para-hydroxylation sites is 1. The number of nitrogens with zero attached hydrogens (tertiary/aromatic N) is 3. The molecule has 4 heteroatoms. The maximum atomic E-state index is 9.68. The van der Waals surface area contributed by atoms with Gasteiger partial charge in [-0.25, -0.2) is 9.97 Å². The van der Waals surface area contributed by atoms with Crippen LogP contribution in [0.5, 0.6) is 0 Å². The Morgan fingerprint density at radius 3 is 2.59 bits per heavy atom. The predicted molar refractivity (Wildman–Crippen MR) is 86.0 cm³/mol. The van der Waals surface area contributed by atoms with Crippen molar-refractivity contribution in [2.75, 3.05) is 0 Å². The van der Waals surface area contributed by atoms with Crippen molar-refractivity contribution >= 4 is 10.9 Å². The first-order valence-electron chi connectivity index (χ1n) is 7.57. The molecule has 1 aromatic carbocycles. The Morgan fingerprint density at radius 2 is 1.82 bits per heavy atom. The highest BCUT2D eigenvalue weighted by Gasteiger charge is 2.21.